The molecule has 122 valence electrons. The number of anilines is 1. The lowest BCUT2D eigenvalue weighted by Gasteiger charge is -2.05. The van der Waals surface area contributed by atoms with Gasteiger partial charge in [-0.2, -0.15) is 0 Å². The molecule has 0 unspecified atom stereocenters. The highest BCUT2D eigenvalue weighted by Gasteiger charge is 2.03. The number of nitrogens with one attached hydrogen (secondary N) is 1. The molecule has 2 aromatic carbocycles. The molecule has 1 amide bonds. The summed E-state index contributed by atoms with van der Waals surface area (Å²) < 4.78 is 10.8. The summed E-state index contributed by atoms with van der Waals surface area (Å²) in [7, 11) is 0. The monoisotopic (exact) mass is 324 g/mol. The molecule has 1 aromatic heterocycles. The molecule has 1 heterocycles. The Bertz CT molecular complexity index is 820. The van der Waals surface area contributed by atoms with Gasteiger partial charge in [0.1, 0.15) is 17.9 Å². The minimum atomic E-state index is -0.290. The van der Waals surface area contributed by atoms with Crippen molar-refractivity contribution < 1.29 is 19.1 Å². The van der Waals surface area contributed by atoms with Crippen molar-refractivity contribution in [1.29, 1.82) is 0 Å². The van der Waals surface area contributed by atoms with Crippen molar-refractivity contribution >= 4 is 28.8 Å². The largest absolute Gasteiger partial charge is 0.491 e. The predicted octanol–water partition coefficient (Wildman–Crippen LogP) is 2.85. The van der Waals surface area contributed by atoms with Crippen molar-refractivity contribution in [2.75, 3.05) is 18.5 Å². The van der Waals surface area contributed by atoms with E-state index in [-0.39, 0.29) is 19.1 Å². The number of hydrogen-bond acceptors (Lipinski definition) is 5. The number of para-hydroxylation sites is 2. The van der Waals surface area contributed by atoms with Gasteiger partial charge in [-0.15, -0.1) is 0 Å². The van der Waals surface area contributed by atoms with Crippen molar-refractivity contribution in [1.82, 2.24) is 4.98 Å². The van der Waals surface area contributed by atoms with Crippen molar-refractivity contribution in [3.63, 3.8) is 0 Å². The van der Waals surface area contributed by atoms with Crippen LogP contribution in [0.1, 0.15) is 5.89 Å². The number of fused-ring (bicyclic) bond motifs is 1. The summed E-state index contributed by atoms with van der Waals surface area (Å²) in [6, 6.07) is 14.3. The molecule has 0 aliphatic carbocycles. The van der Waals surface area contributed by atoms with Gasteiger partial charge in [0.15, 0.2) is 5.58 Å². The Hall–Kier alpha value is -3.12. The van der Waals surface area contributed by atoms with Gasteiger partial charge in [0.25, 0.3) is 0 Å². The second-order valence-corrected chi connectivity index (χ2v) is 4.94. The summed E-state index contributed by atoms with van der Waals surface area (Å²) >= 11 is 0. The fourth-order valence-electron chi connectivity index (χ4n) is 2.09. The van der Waals surface area contributed by atoms with Gasteiger partial charge in [0.2, 0.25) is 11.8 Å². The van der Waals surface area contributed by atoms with Gasteiger partial charge in [-0.05, 0) is 36.4 Å². The van der Waals surface area contributed by atoms with Crippen LogP contribution in [-0.4, -0.2) is 29.2 Å². The second kappa shape index (κ2) is 7.43. The Kier molecular flexibility index (Phi) is 4.88. The smallest absolute Gasteiger partial charge is 0.248 e. The molecule has 6 heteroatoms. The predicted molar refractivity (Wildman–Crippen MR) is 90.7 cm³/mol. The molecule has 0 fully saturated rings. The lowest BCUT2D eigenvalue weighted by atomic mass is 10.3. The number of carbonyl (C=O) groups is 1. The number of rotatable bonds is 6. The van der Waals surface area contributed by atoms with Crippen molar-refractivity contribution in [3.8, 4) is 5.75 Å². The Morgan fingerprint density at radius 3 is 2.75 bits per heavy atom. The molecule has 0 radical (unpaired) electrons. The minimum Gasteiger partial charge on any atom is -0.491 e. The summed E-state index contributed by atoms with van der Waals surface area (Å²) in [4.78, 5) is 16.2. The van der Waals surface area contributed by atoms with Crippen LogP contribution in [0, 0.1) is 0 Å². The highest BCUT2D eigenvalue weighted by atomic mass is 16.5. The molecule has 0 saturated carbocycles. The van der Waals surface area contributed by atoms with Crippen molar-refractivity contribution in [2.45, 2.75) is 0 Å². The van der Waals surface area contributed by atoms with Gasteiger partial charge in [0.05, 0.1) is 6.61 Å². The van der Waals surface area contributed by atoms with Gasteiger partial charge in [-0.3, -0.25) is 4.79 Å². The van der Waals surface area contributed by atoms with Crippen LogP contribution in [0.4, 0.5) is 5.69 Å². The SMILES string of the molecule is O=C(/C=C/c1nc2ccccc2o1)Nc1ccc(OCCO)cc1. The first-order valence-electron chi connectivity index (χ1n) is 7.43. The molecular weight excluding hydrogens is 308 g/mol. The number of ether oxygens (including phenoxy) is 1. The number of amides is 1. The summed E-state index contributed by atoms with van der Waals surface area (Å²) in [5, 5.41) is 11.4. The van der Waals surface area contributed by atoms with E-state index in [0.29, 0.717) is 22.9 Å². The molecule has 3 rings (SSSR count). The number of aromatic nitrogens is 1. The average Bonchev–Trinajstić information content (AvgIpc) is 3.02. The van der Waals surface area contributed by atoms with Crippen molar-refractivity contribution in [3.05, 3.63) is 60.5 Å². The van der Waals surface area contributed by atoms with Crippen LogP contribution in [0.2, 0.25) is 0 Å². The molecule has 0 bridgehead atoms. The molecule has 0 aliphatic heterocycles. The summed E-state index contributed by atoms with van der Waals surface area (Å²) in [5.74, 6) is 0.712. The Labute approximate surface area is 138 Å². The van der Waals surface area contributed by atoms with E-state index < -0.39 is 0 Å². The number of aliphatic hydroxyl groups excluding tert-OH is 1. The van der Waals surface area contributed by atoms with Gasteiger partial charge < -0.3 is 19.6 Å². The van der Waals surface area contributed by atoms with Gasteiger partial charge in [-0.25, -0.2) is 4.98 Å². The fourth-order valence-corrected chi connectivity index (χ4v) is 2.09. The maximum absolute atomic E-state index is 11.9. The van der Waals surface area contributed by atoms with E-state index in [1.54, 1.807) is 24.3 Å². The summed E-state index contributed by atoms with van der Waals surface area (Å²) in [6.45, 7) is 0.193. The number of oxazole rings is 1. The zero-order chi connectivity index (χ0) is 16.8. The van der Waals surface area contributed by atoms with Crippen LogP contribution in [0.3, 0.4) is 0 Å². The Morgan fingerprint density at radius 2 is 2.00 bits per heavy atom. The van der Waals surface area contributed by atoms with E-state index in [2.05, 4.69) is 10.3 Å². The maximum Gasteiger partial charge on any atom is 0.248 e. The first kappa shape index (κ1) is 15.8. The van der Waals surface area contributed by atoms with E-state index in [9.17, 15) is 4.79 Å². The molecule has 0 atom stereocenters. The van der Waals surface area contributed by atoms with Crippen LogP contribution in [0.5, 0.6) is 5.75 Å². The Morgan fingerprint density at radius 1 is 1.21 bits per heavy atom. The van der Waals surface area contributed by atoms with Crippen LogP contribution in [-0.2, 0) is 4.79 Å². The van der Waals surface area contributed by atoms with Gasteiger partial charge in [-0.1, -0.05) is 12.1 Å². The average molecular weight is 324 g/mol. The molecular formula is C18H16N2O4. The third-order valence-electron chi connectivity index (χ3n) is 3.17. The van der Waals surface area contributed by atoms with Crippen LogP contribution in [0.15, 0.2) is 59.0 Å². The zero-order valence-electron chi connectivity index (χ0n) is 12.8. The highest BCUT2D eigenvalue weighted by molar-refractivity contribution is 6.01. The lowest BCUT2D eigenvalue weighted by Crippen LogP contribution is -2.07. The quantitative estimate of drug-likeness (QED) is 0.681. The second-order valence-electron chi connectivity index (χ2n) is 4.94. The third kappa shape index (κ3) is 3.99. The van der Waals surface area contributed by atoms with Gasteiger partial charge >= 0.3 is 0 Å². The number of benzene rings is 2. The minimum absolute atomic E-state index is 0.0426. The zero-order valence-corrected chi connectivity index (χ0v) is 12.8. The van der Waals surface area contributed by atoms with Crippen LogP contribution < -0.4 is 10.1 Å². The highest BCUT2D eigenvalue weighted by Crippen LogP contribution is 2.17. The normalized spacial score (nSPS) is 11.0. The number of nitrogens with zero attached hydrogens (tertiary/aromatic N) is 1. The molecule has 0 saturated heterocycles. The molecule has 0 spiro atoms. The number of carbonyl (C=O) groups excluding carboxylic acids is 1. The molecule has 24 heavy (non-hydrogen) atoms. The Balaban J connectivity index is 1.60. The first-order chi connectivity index (χ1) is 11.7. The van der Waals surface area contributed by atoms with E-state index in [1.165, 1.54) is 12.2 Å². The third-order valence-corrected chi connectivity index (χ3v) is 3.17. The van der Waals surface area contributed by atoms with Crippen LogP contribution in [0.25, 0.3) is 17.2 Å². The first-order valence-corrected chi connectivity index (χ1v) is 7.43. The van der Waals surface area contributed by atoms with E-state index in [1.807, 2.05) is 24.3 Å². The molecule has 2 N–H and O–H groups in total. The van der Waals surface area contributed by atoms with E-state index >= 15 is 0 Å². The van der Waals surface area contributed by atoms with Crippen LogP contribution >= 0.6 is 0 Å². The summed E-state index contributed by atoms with van der Waals surface area (Å²) in [5.41, 5.74) is 2.06. The fraction of sp³-hybridized carbons (Fsp3) is 0.111. The molecule has 6 nitrogen and oxygen atoms in total. The topological polar surface area (TPSA) is 84.6 Å². The summed E-state index contributed by atoms with van der Waals surface area (Å²) in [6.07, 6.45) is 2.88. The number of hydrogen-bond donors (Lipinski definition) is 2. The van der Waals surface area contributed by atoms with E-state index in [0.717, 1.165) is 5.52 Å². The lowest BCUT2D eigenvalue weighted by molar-refractivity contribution is -0.111. The number of aliphatic hydroxyl groups is 1. The molecule has 0 aliphatic rings. The van der Waals surface area contributed by atoms with E-state index in [4.69, 9.17) is 14.3 Å². The standard InChI is InChI=1S/C18H16N2O4/c21-11-12-23-14-7-5-13(6-8-14)19-17(22)9-10-18-20-15-3-1-2-4-16(15)24-18/h1-10,21H,11-12H2,(H,19,22)/b10-9+. The molecule has 3 aromatic rings. The maximum atomic E-state index is 11.9. The van der Waals surface area contributed by atoms with Crippen molar-refractivity contribution in [2.24, 2.45) is 0 Å². The van der Waals surface area contributed by atoms with Gasteiger partial charge in [0, 0.05) is 17.8 Å².